The van der Waals surface area contributed by atoms with Crippen LogP contribution in [-0.2, 0) is 4.79 Å². The molecule has 0 bridgehead atoms. The first kappa shape index (κ1) is 19.8. The molecule has 0 aliphatic rings. The van der Waals surface area contributed by atoms with Crippen molar-refractivity contribution in [3.8, 4) is 34.8 Å². The summed E-state index contributed by atoms with van der Waals surface area (Å²) in [5.74, 6) is -1.25. The van der Waals surface area contributed by atoms with Crippen molar-refractivity contribution in [1.29, 1.82) is 5.26 Å². The molecule has 7 nitrogen and oxygen atoms in total. The topological polar surface area (TPSA) is 102 Å². The molecule has 2 aromatic carbocycles. The zero-order valence-corrected chi connectivity index (χ0v) is 16.9. The van der Waals surface area contributed by atoms with E-state index in [1.165, 1.54) is 11.3 Å². The number of benzene rings is 2. The summed E-state index contributed by atoms with van der Waals surface area (Å²) in [7, 11) is 0. The highest BCUT2D eigenvalue weighted by molar-refractivity contribution is 7.10. The molecule has 0 radical (unpaired) electrons. The first-order chi connectivity index (χ1) is 14.7. The molecule has 148 valence electrons. The van der Waals surface area contributed by atoms with Crippen molar-refractivity contribution < 1.29 is 14.1 Å². The molecule has 0 N–H and O–H groups in total. The van der Waals surface area contributed by atoms with Crippen LogP contribution in [0.25, 0.3) is 22.6 Å². The summed E-state index contributed by atoms with van der Waals surface area (Å²) in [6.07, 6.45) is -0.181. The van der Waals surface area contributed by atoms with Crippen LogP contribution in [0.3, 0.4) is 0 Å². The minimum Gasteiger partial charge on any atom is -0.441 e. The maximum atomic E-state index is 12.5. The van der Waals surface area contributed by atoms with Crippen LogP contribution in [0.2, 0.25) is 5.02 Å². The highest BCUT2D eigenvalue weighted by atomic mass is 35.5. The van der Waals surface area contributed by atoms with Gasteiger partial charge in [0.1, 0.15) is 5.01 Å². The lowest BCUT2D eigenvalue weighted by Gasteiger charge is -2.04. The number of carbonyl (C=O) groups is 1. The fourth-order valence-electron chi connectivity index (χ4n) is 2.66. The summed E-state index contributed by atoms with van der Waals surface area (Å²) < 4.78 is 10.3. The second kappa shape index (κ2) is 8.86. The van der Waals surface area contributed by atoms with E-state index in [-0.39, 0.29) is 11.9 Å². The molecule has 9 heteroatoms. The second-order valence-corrected chi connectivity index (χ2v) is 7.41. The van der Waals surface area contributed by atoms with Gasteiger partial charge < -0.3 is 4.74 Å². The van der Waals surface area contributed by atoms with Crippen molar-refractivity contribution >= 4 is 28.7 Å². The van der Waals surface area contributed by atoms with Gasteiger partial charge in [-0.1, -0.05) is 59.2 Å². The number of ether oxygens (including phenoxy) is 1. The number of hydrogen-bond donors (Lipinski definition) is 0. The number of ketones is 1. The molecule has 2 aromatic heterocycles. The fourth-order valence-corrected chi connectivity index (χ4v) is 3.78. The number of halogens is 1. The molecule has 0 saturated carbocycles. The van der Waals surface area contributed by atoms with Gasteiger partial charge in [0.2, 0.25) is 5.82 Å². The molecule has 30 heavy (non-hydrogen) atoms. The second-order valence-electron chi connectivity index (χ2n) is 6.12. The summed E-state index contributed by atoms with van der Waals surface area (Å²) in [4.78, 5) is 21.1. The van der Waals surface area contributed by atoms with Crippen LogP contribution in [0.5, 0.6) is 6.08 Å². The van der Waals surface area contributed by atoms with Crippen molar-refractivity contribution in [3.63, 3.8) is 0 Å². The Balaban J connectivity index is 1.43. The van der Waals surface area contributed by atoms with Gasteiger partial charge in [-0.25, -0.2) is 4.98 Å². The normalized spacial score (nSPS) is 11.6. The van der Waals surface area contributed by atoms with E-state index in [1.54, 1.807) is 24.3 Å². The number of Topliss-reactive ketones (excluding diaryl/α,β-unsaturated/α-hetero) is 1. The van der Waals surface area contributed by atoms with E-state index in [1.807, 2.05) is 41.8 Å². The van der Waals surface area contributed by atoms with Crippen LogP contribution in [0.1, 0.15) is 10.9 Å². The third-order valence-corrected chi connectivity index (χ3v) is 5.39. The number of hydrogen-bond acceptors (Lipinski definition) is 8. The summed E-state index contributed by atoms with van der Waals surface area (Å²) in [5.41, 5.74) is 2.21. The molecule has 4 aromatic rings. The molecular weight excluding hydrogens is 424 g/mol. The summed E-state index contributed by atoms with van der Waals surface area (Å²) >= 11 is 7.37. The fraction of sp³-hybridized carbons (Fsp3) is 0.0952. The van der Waals surface area contributed by atoms with Gasteiger partial charge in [0.05, 0.1) is 16.8 Å². The maximum absolute atomic E-state index is 12.5. The van der Waals surface area contributed by atoms with E-state index in [0.717, 1.165) is 5.56 Å². The van der Waals surface area contributed by atoms with E-state index in [2.05, 4.69) is 15.1 Å². The van der Waals surface area contributed by atoms with Gasteiger partial charge in [0.25, 0.3) is 0 Å². The molecule has 0 aliphatic carbocycles. The van der Waals surface area contributed by atoms with Gasteiger partial charge in [0.15, 0.2) is 18.3 Å². The van der Waals surface area contributed by atoms with Gasteiger partial charge in [-0.05, 0) is 12.1 Å². The van der Waals surface area contributed by atoms with Crippen molar-refractivity contribution in [2.45, 2.75) is 5.92 Å². The highest BCUT2D eigenvalue weighted by Gasteiger charge is 2.25. The molecule has 0 fully saturated rings. The van der Waals surface area contributed by atoms with Crippen molar-refractivity contribution in [3.05, 3.63) is 70.0 Å². The Morgan fingerprint density at radius 3 is 2.70 bits per heavy atom. The summed E-state index contributed by atoms with van der Waals surface area (Å²) in [6.45, 7) is -0.400. The number of rotatable bonds is 7. The monoisotopic (exact) mass is 436 g/mol. The van der Waals surface area contributed by atoms with E-state index < -0.39 is 18.3 Å². The lowest BCUT2D eigenvalue weighted by molar-refractivity contribution is -0.121. The summed E-state index contributed by atoms with van der Waals surface area (Å²) in [5, 5.41) is 16.0. The number of nitriles is 1. The maximum Gasteiger partial charge on any atom is 0.418 e. The third kappa shape index (κ3) is 4.22. The lowest BCUT2D eigenvalue weighted by Crippen LogP contribution is -2.19. The van der Waals surface area contributed by atoms with E-state index in [0.29, 0.717) is 21.3 Å². The summed E-state index contributed by atoms with van der Waals surface area (Å²) in [6, 6.07) is 18.5. The van der Waals surface area contributed by atoms with Crippen molar-refractivity contribution in [2.24, 2.45) is 0 Å². The molecule has 0 amide bonds. The first-order valence-electron chi connectivity index (χ1n) is 8.80. The Labute approximate surface area is 180 Å². The zero-order valence-electron chi connectivity index (χ0n) is 15.4. The van der Waals surface area contributed by atoms with Gasteiger partial charge in [-0.3, -0.25) is 9.32 Å². The van der Waals surface area contributed by atoms with Gasteiger partial charge in [-0.2, -0.15) is 10.2 Å². The Hall–Kier alpha value is -3.54. The van der Waals surface area contributed by atoms with Crippen LogP contribution in [0.4, 0.5) is 0 Å². The van der Waals surface area contributed by atoms with Gasteiger partial charge in [0, 0.05) is 16.5 Å². The third-order valence-electron chi connectivity index (χ3n) is 4.15. The SMILES string of the molecule is N#CC(C(=O)COc1nc(-c2ccccc2Cl)no1)c1nc(-c2ccccc2)cs1. The van der Waals surface area contributed by atoms with Gasteiger partial charge >= 0.3 is 6.08 Å². The first-order valence-corrected chi connectivity index (χ1v) is 10.1. The molecule has 1 unspecified atom stereocenters. The Kier molecular flexibility index (Phi) is 5.84. The van der Waals surface area contributed by atoms with Gasteiger partial charge in [-0.15, -0.1) is 11.3 Å². The standard InChI is InChI=1S/C21H13ClN4O3S/c22-16-9-5-4-8-14(16)19-25-21(29-26-19)28-11-18(27)15(10-23)20-24-17(12-30-20)13-6-2-1-3-7-13/h1-9,12,15H,11H2. The van der Waals surface area contributed by atoms with Crippen LogP contribution in [-0.4, -0.2) is 27.5 Å². The smallest absolute Gasteiger partial charge is 0.418 e. The minimum atomic E-state index is -1.04. The Morgan fingerprint density at radius 1 is 1.17 bits per heavy atom. The van der Waals surface area contributed by atoms with Crippen LogP contribution in [0, 0.1) is 11.3 Å². The molecule has 0 spiro atoms. The highest BCUT2D eigenvalue weighted by Crippen LogP contribution is 2.28. The van der Waals surface area contributed by atoms with E-state index >= 15 is 0 Å². The van der Waals surface area contributed by atoms with E-state index in [9.17, 15) is 10.1 Å². The number of carbonyl (C=O) groups excluding carboxylic acids is 1. The van der Waals surface area contributed by atoms with Crippen molar-refractivity contribution in [1.82, 2.24) is 15.1 Å². The predicted molar refractivity (Wildman–Crippen MR) is 111 cm³/mol. The molecule has 2 heterocycles. The molecule has 4 rings (SSSR count). The van der Waals surface area contributed by atoms with Crippen LogP contribution in [0.15, 0.2) is 64.5 Å². The molecular formula is C21H13ClN4O3S. The Morgan fingerprint density at radius 2 is 1.93 bits per heavy atom. The Bertz CT molecular complexity index is 1220. The molecule has 0 aliphatic heterocycles. The van der Waals surface area contributed by atoms with Crippen LogP contribution < -0.4 is 4.74 Å². The van der Waals surface area contributed by atoms with Crippen molar-refractivity contribution in [2.75, 3.05) is 6.61 Å². The average Bonchev–Trinajstić information content (AvgIpc) is 3.44. The number of thiazole rings is 1. The van der Waals surface area contributed by atoms with Crippen LogP contribution >= 0.6 is 22.9 Å². The predicted octanol–water partition coefficient (Wildman–Crippen LogP) is 4.77. The molecule has 0 saturated heterocycles. The quantitative estimate of drug-likeness (QED) is 0.411. The lowest BCUT2D eigenvalue weighted by atomic mass is 10.1. The largest absolute Gasteiger partial charge is 0.441 e. The average molecular weight is 437 g/mol. The number of nitrogens with zero attached hydrogens (tertiary/aromatic N) is 4. The van der Waals surface area contributed by atoms with E-state index in [4.69, 9.17) is 20.9 Å². The molecule has 1 atom stereocenters. The zero-order chi connectivity index (χ0) is 20.9. The minimum absolute atomic E-state index is 0.181. The number of aromatic nitrogens is 3.